The van der Waals surface area contributed by atoms with Gasteiger partial charge >= 0.3 is 0 Å². The highest BCUT2D eigenvalue weighted by Gasteiger charge is 2.31. The number of H-pyrrole nitrogens is 1. The number of anilines is 1. The molecule has 1 fully saturated rings. The van der Waals surface area contributed by atoms with Gasteiger partial charge in [0.15, 0.2) is 5.82 Å². The van der Waals surface area contributed by atoms with Gasteiger partial charge in [0.05, 0.1) is 6.33 Å². The molecule has 1 unspecified atom stereocenters. The second-order valence-electron chi connectivity index (χ2n) is 5.95. The molecule has 7 nitrogen and oxygen atoms in total. The summed E-state index contributed by atoms with van der Waals surface area (Å²) >= 11 is 0. The molecule has 0 aromatic carbocycles. The number of aryl methyl sites for hydroxylation is 1. The Morgan fingerprint density at radius 3 is 3.05 bits per heavy atom. The largest absolute Gasteiger partial charge is 0.340 e. The number of nitrogens with one attached hydrogen (secondary N) is 1. The minimum absolute atomic E-state index is 0.157. The number of imidazole rings is 1. The van der Waals surface area contributed by atoms with Crippen LogP contribution in [-0.4, -0.2) is 44.4 Å². The van der Waals surface area contributed by atoms with Crippen LogP contribution < -0.4 is 10.6 Å². The Morgan fingerprint density at radius 1 is 1.50 bits per heavy atom. The van der Waals surface area contributed by atoms with Crippen molar-refractivity contribution in [2.75, 3.05) is 24.5 Å². The van der Waals surface area contributed by atoms with Crippen molar-refractivity contribution in [2.45, 2.75) is 19.8 Å². The lowest BCUT2D eigenvalue weighted by Crippen LogP contribution is -2.46. The van der Waals surface area contributed by atoms with Crippen LogP contribution in [0.3, 0.4) is 0 Å². The lowest BCUT2D eigenvalue weighted by molar-refractivity contribution is 0.270. The quantitative estimate of drug-likeness (QED) is 0.863. The van der Waals surface area contributed by atoms with Crippen LogP contribution >= 0.6 is 0 Å². The summed E-state index contributed by atoms with van der Waals surface area (Å²) in [5.41, 5.74) is 6.86. The number of hydrogen-bond acceptors (Lipinski definition) is 5. The lowest BCUT2D eigenvalue weighted by Gasteiger charge is -2.39. The molecule has 1 saturated heterocycles. The smallest absolute Gasteiger partial charge is 0.245 e. The number of hydrogen-bond donors (Lipinski definition) is 2. The van der Waals surface area contributed by atoms with E-state index in [0.29, 0.717) is 12.4 Å². The minimum atomic E-state index is 0.157. The first kappa shape index (κ1) is 13.1. The van der Waals surface area contributed by atoms with Crippen molar-refractivity contribution >= 4 is 5.95 Å². The van der Waals surface area contributed by atoms with Gasteiger partial charge in [0, 0.05) is 26.3 Å². The molecular weight excluding hydrogens is 254 g/mol. The molecule has 0 saturated carbocycles. The van der Waals surface area contributed by atoms with E-state index in [1.165, 1.54) is 0 Å². The average molecular weight is 275 g/mol. The SMILES string of the molecule is Cn1cnc(-c2nc(N3CCCC(C)(CN)C3)n[nH]2)c1. The predicted octanol–water partition coefficient (Wildman–Crippen LogP) is 0.770. The first-order chi connectivity index (χ1) is 9.59. The van der Waals surface area contributed by atoms with E-state index in [1.54, 1.807) is 6.33 Å². The van der Waals surface area contributed by atoms with E-state index in [1.807, 2.05) is 17.8 Å². The van der Waals surface area contributed by atoms with Crippen molar-refractivity contribution in [2.24, 2.45) is 18.2 Å². The molecule has 3 heterocycles. The highest BCUT2D eigenvalue weighted by molar-refractivity contribution is 5.50. The van der Waals surface area contributed by atoms with Crippen LogP contribution in [0.5, 0.6) is 0 Å². The van der Waals surface area contributed by atoms with E-state index in [0.717, 1.165) is 37.6 Å². The normalized spacial score (nSPS) is 23.2. The summed E-state index contributed by atoms with van der Waals surface area (Å²) in [5, 5.41) is 7.29. The number of nitrogens with two attached hydrogens (primary N) is 1. The maximum absolute atomic E-state index is 5.89. The zero-order valence-electron chi connectivity index (χ0n) is 12.0. The molecule has 0 aliphatic carbocycles. The van der Waals surface area contributed by atoms with Gasteiger partial charge in [0.1, 0.15) is 5.69 Å². The van der Waals surface area contributed by atoms with Crippen molar-refractivity contribution in [1.82, 2.24) is 24.7 Å². The maximum atomic E-state index is 5.89. The number of aromatic nitrogens is 5. The van der Waals surface area contributed by atoms with Gasteiger partial charge in [0.2, 0.25) is 5.95 Å². The van der Waals surface area contributed by atoms with Crippen molar-refractivity contribution in [3.05, 3.63) is 12.5 Å². The summed E-state index contributed by atoms with van der Waals surface area (Å²) in [6, 6.07) is 0. The van der Waals surface area contributed by atoms with Crippen LogP contribution in [0.4, 0.5) is 5.95 Å². The Hall–Kier alpha value is -1.89. The Kier molecular flexibility index (Phi) is 3.21. The molecule has 2 aromatic heterocycles. The van der Waals surface area contributed by atoms with Crippen LogP contribution in [0.25, 0.3) is 11.5 Å². The van der Waals surface area contributed by atoms with E-state index >= 15 is 0 Å². The highest BCUT2D eigenvalue weighted by Crippen LogP contribution is 2.30. The molecule has 7 heteroatoms. The fourth-order valence-corrected chi connectivity index (χ4v) is 2.70. The Morgan fingerprint density at radius 2 is 2.35 bits per heavy atom. The topological polar surface area (TPSA) is 88.7 Å². The van der Waals surface area contributed by atoms with Crippen LogP contribution in [0, 0.1) is 5.41 Å². The summed E-state index contributed by atoms with van der Waals surface area (Å²) in [6.07, 6.45) is 5.97. The van der Waals surface area contributed by atoms with Crippen LogP contribution in [0.1, 0.15) is 19.8 Å². The summed E-state index contributed by atoms with van der Waals surface area (Å²) in [6.45, 7) is 4.81. The highest BCUT2D eigenvalue weighted by atomic mass is 15.4. The standard InChI is InChI=1S/C13H21N7/c1-13(7-14)4-3-5-20(8-13)12-16-11(17-18-12)10-6-19(2)9-15-10/h6,9H,3-5,7-8,14H2,1-2H3,(H,16,17,18). The van der Waals surface area contributed by atoms with Crippen molar-refractivity contribution in [1.29, 1.82) is 0 Å². The van der Waals surface area contributed by atoms with Gasteiger partial charge in [-0.2, -0.15) is 4.98 Å². The molecule has 20 heavy (non-hydrogen) atoms. The maximum Gasteiger partial charge on any atom is 0.245 e. The molecule has 108 valence electrons. The van der Waals surface area contributed by atoms with E-state index < -0.39 is 0 Å². The predicted molar refractivity (Wildman–Crippen MR) is 77.2 cm³/mol. The van der Waals surface area contributed by atoms with Crippen LogP contribution in [0.15, 0.2) is 12.5 Å². The Balaban J connectivity index is 1.80. The molecule has 1 aliphatic rings. The third kappa shape index (κ3) is 2.40. The molecule has 0 spiro atoms. The summed E-state index contributed by atoms with van der Waals surface area (Å²) in [4.78, 5) is 11.0. The molecule has 0 bridgehead atoms. The molecular formula is C13H21N7. The first-order valence-electron chi connectivity index (χ1n) is 6.95. The number of aromatic amines is 1. The fraction of sp³-hybridized carbons (Fsp3) is 0.615. The van der Waals surface area contributed by atoms with Gasteiger partial charge in [0.25, 0.3) is 0 Å². The first-order valence-corrected chi connectivity index (χ1v) is 6.95. The molecule has 0 radical (unpaired) electrons. The summed E-state index contributed by atoms with van der Waals surface area (Å²) in [5.74, 6) is 1.45. The van der Waals surface area contributed by atoms with Gasteiger partial charge < -0.3 is 15.2 Å². The number of piperidine rings is 1. The van der Waals surface area contributed by atoms with Gasteiger partial charge in [-0.05, 0) is 24.8 Å². The number of nitrogens with zero attached hydrogens (tertiary/aromatic N) is 5. The zero-order valence-corrected chi connectivity index (χ0v) is 12.0. The Labute approximate surface area is 118 Å². The third-order valence-corrected chi connectivity index (χ3v) is 3.98. The second-order valence-corrected chi connectivity index (χ2v) is 5.95. The van der Waals surface area contributed by atoms with Gasteiger partial charge in [-0.3, -0.25) is 5.10 Å². The third-order valence-electron chi connectivity index (χ3n) is 3.98. The molecule has 2 aromatic rings. The zero-order chi connectivity index (χ0) is 14.2. The van der Waals surface area contributed by atoms with E-state index in [2.05, 4.69) is 32.0 Å². The van der Waals surface area contributed by atoms with Gasteiger partial charge in [-0.15, -0.1) is 5.10 Å². The van der Waals surface area contributed by atoms with Crippen molar-refractivity contribution in [3.63, 3.8) is 0 Å². The van der Waals surface area contributed by atoms with Gasteiger partial charge in [-0.25, -0.2) is 4.98 Å². The number of rotatable bonds is 3. The minimum Gasteiger partial charge on any atom is -0.340 e. The van der Waals surface area contributed by atoms with Crippen LogP contribution in [0.2, 0.25) is 0 Å². The summed E-state index contributed by atoms with van der Waals surface area (Å²) in [7, 11) is 1.94. The molecule has 1 atom stereocenters. The molecule has 0 amide bonds. The van der Waals surface area contributed by atoms with E-state index in [4.69, 9.17) is 5.73 Å². The average Bonchev–Trinajstić information content (AvgIpc) is 3.07. The fourth-order valence-electron chi connectivity index (χ4n) is 2.70. The molecule has 3 rings (SSSR count). The van der Waals surface area contributed by atoms with E-state index in [-0.39, 0.29) is 5.41 Å². The Bertz CT molecular complexity index is 587. The van der Waals surface area contributed by atoms with Gasteiger partial charge in [-0.1, -0.05) is 6.92 Å². The molecule has 3 N–H and O–H groups in total. The van der Waals surface area contributed by atoms with E-state index in [9.17, 15) is 0 Å². The molecule has 1 aliphatic heterocycles. The monoisotopic (exact) mass is 275 g/mol. The summed E-state index contributed by atoms with van der Waals surface area (Å²) < 4.78 is 1.89. The van der Waals surface area contributed by atoms with Crippen molar-refractivity contribution < 1.29 is 0 Å². The van der Waals surface area contributed by atoms with Crippen LogP contribution in [-0.2, 0) is 7.05 Å². The second kappa shape index (κ2) is 4.90. The van der Waals surface area contributed by atoms with Crippen molar-refractivity contribution in [3.8, 4) is 11.5 Å². The lowest BCUT2D eigenvalue weighted by atomic mass is 9.82.